The van der Waals surface area contributed by atoms with Crippen LogP contribution < -0.4 is 14.9 Å². The van der Waals surface area contributed by atoms with E-state index in [0.29, 0.717) is 6.54 Å². The lowest BCUT2D eigenvalue weighted by molar-refractivity contribution is -0.908. The molecule has 1 aliphatic rings. The fourth-order valence-corrected chi connectivity index (χ4v) is 4.21. The van der Waals surface area contributed by atoms with Gasteiger partial charge in [-0.3, -0.25) is 9.52 Å². The first-order valence-electron chi connectivity index (χ1n) is 9.52. The Morgan fingerprint density at radius 1 is 1.07 bits per heavy atom. The van der Waals surface area contributed by atoms with Crippen LogP contribution in [0.3, 0.4) is 0 Å². The minimum Gasteiger partial charge on any atom is -0.370 e. The molecule has 1 aliphatic heterocycles. The number of nitrogens with one attached hydrogen (secondary N) is 3. The second-order valence-corrected chi connectivity index (χ2v) is 8.51. The van der Waals surface area contributed by atoms with E-state index in [2.05, 4.69) is 10.0 Å². The molecule has 156 valence electrons. The lowest BCUT2D eigenvalue weighted by Crippen LogP contribution is -3.14. The Hall–Kier alpha value is -2.49. The second kappa shape index (κ2) is 9.82. The van der Waals surface area contributed by atoms with E-state index < -0.39 is 15.8 Å². The predicted molar refractivity (Wildman–Crippen MR) is 107 cm³/mol. The van der Waals surface area contributed by atoms with Gasteiger partial charge in [0.15, 0.2) is 0 Å². The van der Waals surface area contributed by atoms with Crippen molar-refractivity contribution in [2.45, 2.75) is 11.3 Å². The zero-order valence-electron chi connectivity index (χ0n) is 16.0. The maximum atomic E-state index is 13.1. The summed E-state index contributed by atoms with van der Waals surface area (Å²) in [5.41, 5.74) is 0.407. The first kappa shape index (κ1) is 21.2. The highest BCUT2D eigenvalue weighted by molar-refractivity contribution is 7.92. The number of benzene rings is 2. The van der Waals surface area contributed by atoms with Crippen molar-refractivity contribution in [2.75, 3.05) is 44.1 Å². The standard InChI is InChI=1S/C20H24FN3O4S/c21-16-6-8-17(9-7-16)29(26,27)23-19-5-2-1-4-18(19)20(25)22-10-3-11-24-12-14-28-15-13-24/h1-2,4-9,23H,3,10-15H2,(H,22,25)/p+1. The Morgan fingerprint density at radius 3 is 2.48 bits per heavy atom. The Kier molecular flexibility index (Phi) is 7.18. The van der Waals surface area contributed by atoms with Crippen molar-refractivity contribution >= 4 is 21.6 Å². The Balaban J connectivity index is 1.60. The average Bonchev–Trinajstić information content (AvgIpc) is 2.72. The highest BCUT2D eigenvalue weighted by atomic mass is 32.2. The van der Waals surface area contributed by atoms with Gasteiger partial charge in [0, 0.05) is 13.0 Å². The molecule has 1 fully saturated rings. The van der Waals surface area contributed by atoms with Crippen LogP contribution in [0.5, 0.6) is 0 Å². The van der Waals surface area contributed by atoms with Crippen molar-refractivity contribution in [3.63, 3.8) is 0 Å². The second-order valence-electron chi connectivity index (χ2n) is 6.83. The number of rotatable bonds is 8. The molecule has 1 heterocycles. The number of morpholine rings is 1. The van der Waals surface area contributed by atoms with Crippen molar-refractivity contribution in [2.24, 2.45) is 0 Å². The van der Waals surface area contributed by atoms with Crippen molar-refractivity contribution in [1.29, 1.82) is 0 Å². The van der Waals surface area contributed by atoms with Crippen molar-refractivity contribution in [3.8, 4) is 0 Å². The van der Waals surface area contributed by atoms with Crippen LogP contribution >= 0.6 is 0 Å². The maximum Gasteiger partial charge on any atom is 0.261 e. The molecule has 3 N–H and O–H groups in total. The van der Waals surface area contributed by atoms with E-state index >= 15 is 0 Å². The minimum absolute atomic E-state index is 0.0809. The molecular formula is C20H25FN3O4S+. The van der Waals surface area contributed by atoms with Crippen molar-refractivity contribution in [1.82, 2.24) is 5.32 Å². The van der Waals surface area contributed by atoms with Gasteiger partial charge in [0.2, 0.25) is 0 Å². The summed E-state index contributed by atoms with van der Waals surface area (Å²) < 4.78 is 45.9. The van der Waals surface area contributed by atoms with E-state index in [0.717, 1.165) is 51.4 Å². The van der Waals surface area contributed by atoms with Gasteiger partial charge in [0.05, 0.1) is 35.9 Å². The summed E-state index contributed by atoms with van der Waals surface area (Å²) in [4.78, 5) is 13.9. The highest BCUT2D eigenvalue weighted by Crippen LogP contribution is 2.20. The largest absolute Gasteiger partial charge is 0.370 e. The molecule has 0 saturated carbocycles. The molecule has 3 rings (SSSR count). The molecule has 29 heavy (non-hydrogen) atoms. The molecule has 1 saturated heterocycles. The summed E-state index contributed by atoms with van der Waals surface area (Å²) in [6, 6.07) is 10.9. The average molecular weight is 423 g/mol. The van der Waals surface area contributed by atoms with E-state index in [9.17, 15) is 17.6 Å². The van der Waals surface area contributed by atoms with Gasteiger partial charge in [-0.1, -0.05) is 12.1 Å². The summed E-state index contributed by atoms with van der Waals surface area (Å²) in [6.07, 6.45) is 0.824. The van der Waals surface area contributed by atoms with Gasteiger partial charge >= 0.3 is 0 Å². The number of carbonyl (C=O) groups excluding carboxylic acids is 1. The maximum absolute atomic E-state index is 13.1. The van der Waals surface area contributed by atoms with Crippen LogP contribution in [0.15, 0.2) is 53.4 Å². The monoisotopic (exact) mass is 422 g/mol. The number of carbonyl (C=O) groups is 1. The lowest BCUT2D eigenvalue weighted by atomic mass is 10.1. The molecule has 2 aromatic carbocycles. The van der Waals surface area contributed by atoms with E-state index in [1.807, 2.05) is 0 Å². The number of ether oxygens (including phenoxy) is 1. The van der Waals surface area contributed by atoms with Crippen LogP contribution in [0.25, 0.3) is 0 Å². The van der Waals surface area contributed by atoms with E-state index in [1.165, 1.54) is 23.1 Å². The van der Waals surface area contributed by atoms with Crippen LogP contribution in [0.2, 0.25) is 0 Å². The van der Waals surface area contributed by atoms with Gasteiger partial charge < -0.3 is 15.0 Å². The van der Waals surface area contributed by atoms with Gasteiger partial charge in [-0.25, -0.2) is 12.8 Å². The topological polar surface area (TPSA) is 88.9 Å². The number of sulfonamides is 1. The first-order valence-corrected chi connectivity index (χ1v) is 11.0. The van der Waals surface area contributed by atoms with Crippen LogP contribution in [0, 0.1) is 5.82 Å². The number of halogens is 1. The molecule has 1 amide bonds. The predicted octanol–water partition coefficient (Wildman–Crippen LogP) is 0.662. The number of amides is 1. The number of hydrogen-bond acceptors (Lipinski definition) is 4. The van der Waals surface area contributed by atoms with Gasteiger partial charge in [0.25, 0.3) is 15.9 Å². The normalized spacial score (nSPS) is 15.1. The number of para-hydroxylation sites is 1. The van der Waals surface area contributed by atoms with Crippen LogP contribution in [-0.4, -0.2) is 53.7 Å². The molecular weight excluding hydrogens is 397 g/mol. The summed E-state index contributed by atoms with van der Waals surface area (Å²) in [5, 5.41) is 2.84. The third-order valence-electron chi connectivity index (χ3n) is 4.73. The van der Waals surface area contributed by atoms with Crippen molar-refractivity contribution in [3.05, 3.63) is 59.9 Å². The zero-order chi connectivity index (χ0) is 20.7. The van der Waals surface area contributed by atoms with E-state index in [4.69, 9.17) is 4.74 Å². The third-order valence-corrected chi connectivity index (χ3v) is 6.11. The van der Waals surface area contributed by atoms with Gasteiger partial charge in [-0.05, 0) is 36.4 Å². The zero-order valence-corrected chi connectivity index (χ0v) is 16.8. The fraction of sp³-hybridized carbons (Fsp3) is 0.350. The number of quaternary nitrogens is 1. The summed E-state index contributed by atoms with van der Waals surface area (Å²) in [5.74, 6) is -0.873. The Morgan fingerprint density at radius 2 is 1.76 bits per heavy atom. The van der Waals surface area contributed by atoms with Gasteiger partial charge in [-0.15, -0.1) is 0 Å². The number of hydrogen-bond donors (Lipinski definition) is 3. The minimum atomic E-state index is -3.94. The third kappa shape index (κ3) is 5.99. The van der Waals surface area contributed by atoms with Crippen LogP contribution in [-0.2, 0) is 14.8 Å². The molecule has 0 unspecified atom stereocenters. The number of anilines is 1. The van der Waals surface area contributed by atoms with Crippen molar-refractivity contribution < 1.29 is 27.2 Å². The molecule has 0 radical (unpaired) electrons. The summed E-state index contributed by atoms with van der Waals surface area (Å²) >= 11 is 0. The van der Waals surface area contributed by atoms with E-state index in [-0.39, 0.29) is 22.1 Å². The van der Waals surface area contributed by atoms with Crippen LogP contribution in [0.4, 0.5) is 10.1 Å². The molecule has 0 atom stereocenters. The van der Waals surface area contributed by atoms with E-state index in [1.54, 1.807) is 18.2 Å². The van der Waals surface area contributed by atoms with Gasteiger partial charge in [-0.2, -0.15) is 0 Å². The van der Waals surface area contributed by atoms with Crippen LogP contribution in [0.1, 0.15) is 16.8 Å². The summed E-state index contributed by atoms with van der Waals surface area (Å²) in [6.45, 7) is 4.93. The SMILES string of the molecule is O=C(NCCC[NH+]1CCOCC1)c1ccccc1NS(=O)(=O)c1ccc(F)cc1. The molecule has 7 nitrogen and oxygen atoms in total. The molecule has 0 aliphatic carbocycles. The molecule has 0 spiro atoms. The Labute approximate surface area is 169 Å². The molecule has 0 aromatic heterocycles. The lowest BCUT2D eigenvalue weighted by Gasteiger charge is -2.23. The van der Waals surface area contributed by atoms with Gasteiger partial charge in [0.1, 0.15) is 18.9 Å². The summed E-state index contributed by atoms with van der Waals surface area (Å²) in [7, 11) is -3.94. The first-order chi connectivity index (χ1) is 14.0. The molecule has 0 bridgehead atoms. The smallest absolute Gasteiger partial charge is 0.261 e. The molecule has 9 heteroatoms. The molecule has 2 aromatic rings. The highest BCUT2D eigenvalue weighted by Gasteiger charge is 2.19. The quantitative estimate of drug-likeness (QED) is 0.546. The Bertz CT molecular complexity index is 929. The fourth-order valence-electron chi connectivity index (χ4n) is 3.13.